The molecule has 1 fully saturated rings. The highest BCUT2D eigenvalue weighted by Crippen LogP contribution is 2.34. The van der Waals surface area contributed by atoms with Gasteiger partial charge in [0, 0.05) is 29.0 Å². The van der Waals surface area contributed by atoms with Gasteiger partial charge in [-0.1, -0.05) is 30.3 Å². The lowest BCUT2D eigenvalue weighted by atomic mass is 10.1. The van der Waals surface area contributed by atoms with Crippen LogP contribution in [0, 0.1) is 24.0 Å². The summed E-state index contributed by atoms with van der Waals surface area (Å²) in [5, 5.41) is 13.3. The topological polar surface area (TPSA) is 123 Å². The van der Waals surface area contributed by atoms with E-state index in [0.717, 1.165) is 10.5 Å². The van der Waals surface area contributed by atoms with Crippen LogP contribution in [0.15, 0.2) is 63.9 Å². The lowest BCUT2D eigenvalue weighted by molar-refractivity contribution is -0.385. The highest BCUT2D eigenvalue weighted by atomic mass is 32.2. The van der Waals surface area contributed by atoms with Gasteiger partial charge in [0.1, 0.15) is 18.1 Å². The number of carbonyl (C=O) groups excluding carboxylic acids is 3. The second-order valence-electron chi connectivity index (χ2n) is 7.59. The standard InChI is InChI=1S/C24H19N3O6S/c1-14-5-3-4-6-18(14)25-22(28)13-26-23(29)21(34-24(26)30)12-17-9-10-20(33-17)16-8-7-15(2)19(11-16)27(31)32/h3-12H,13H2,1-2H3,(H,25,28)/b21-12+. The van der Waals surface area contributed by atoms with E-state index in [1.807, 2.05) is 19.1 Å². The number of rotatable bonds is 6. The van der Waals surface area contributed by atoms with Crippen molar-refractivity contribution in [2.75, 3.05) is 11.9 Å². The number of hydrogen-bond acceptors (Lipinski definition) is 7. The summed E-state index contributed by atoms with van der Waals surface area (Å²) in [5.74, 6) is -0.405. The number of nitrogens with one attached hydrogen (secondary N) is 1. The number of nitro benzene ring substituents is 1. The van der Waals surface area contributed by atoms with Gasteiger partial charge in [0.15, 0.2) is 0 Å². The largest absolute Gasteiger partial charge is 0.457 e. The summed E-state index contributed by atoms with van der Waals surface area (Å²) in [7, 11) is 0. The Hall–Kier alpha value is -4.18. The van der Waals surface area contributed by atoms with E-state index in [2.05, 4.69) is 5.32 Å². The molecule has 0 radical (unpaired) electrons. The lowest BCUT2D eigenvalue weighted by Gasteiger charge is -2.13. The normalized spacial score (nSPS) is 14.6. The predicted molar refractivity (Wildman–Crippen MR) is 128 cm³/mol. The number of amides is 3. The SMILES string of the molecule is Cc1ccccc1NC(=O)CN1C(=O)S/C(=C/c2ccc(-c3ccc(C)c([N+](=O)[O-])c3)o2)C1=O. The zero-order valence-electron chi connectivity index (χ0n) is 18.2. The fraction of sp³-hybridized carbons (Fsp3) is 0.125. The fourth-order valence-electron chi connectivity index (χ4n) is 3.36. The van der Waals surface area contributed by atoms with Gasteiger partial charge in [-0.3, -0.25) is 29.4 Å². The molecule has 1 saturated heterocycles. The van der Waals surface area contributed by atoms with Crippen LogP contribution >= 0.6 is 11.8 Å². The van der Waals surface area contributed by atoms with E-state index in [-0.39, 0.29) is 10.6 Å². The smallest absolute Gasteiger partial charge is 0.294 e. The summed E-state index contributed by atoms with van der Waals surface area (Å²) in [5.41, 5.74) is 2.48. The van der Waals surface area contributed by atoms with Gasteiger partial charge < -0.3 is 9.73 Å². The van der Waals surface area contributed by atoms with Crippen LogP contribution in [0.2, 0.25) is 0 Å². The third kappa shape index (κ3) is 4.76. The predicted octanol–water partition coefficient (Wildman–Crippen LogP) is 5.15. The third-order valence-electron chi connectivity index (χ3n) is 5.18. The summed E-state index contributed by atoms with van der Waals surface area (Å²) in [6, 6.07) is 15.2. The van der Waals surface area contributed by atoms with Crippen molar-refractivity contribution in [1.82, 2.24) is 4.90 Å². The molecule has 9 nitrogen and oxygen atoms in total. The number of hydrogen-bond donors (Lipinski definition) is 1. The second kappa shape index (κ2) is 9.36. The molecule has 0 atom stereocenters. The Morgan fingerprint density at radius 2 is 1.88 bits per heavy atom. The number of nitro groups is 1. The fourth-order valence-corrected chi connectivity index (χ4v) is 4.18. The maximum Gasteiger partial charge on any atom is 0.294 e. The minimum atomic E-state index is -0.598. The van der Waals surface area contributed by atoms with Crippen LogP contribution in [0.1, 0.15) is 16.9 Å². The Morgan fingerprint density at radius 1 is 1.12 bits per heavy atom. The van der Waals surface area contributed by atoms with Crippen molar-refractivity contribution < 1.29 is 23.7 Å². The number of anilines is 1. The van der Waals surface area contributed by atoms with Crippen molar-refractivity contribution in [3.8, 4) is 11.3 Å². The molecule has 1 aromatic heterocycles. The van der Waals surface area contributed by atoms with Gasteiger partial charge in [0.2, 0.25) is 5.91 Å². The molecular formula is C24H19N3O6S. The summed E-state index contributed by atoms with van der Waals surface area (Å²) in [6.45, 7) is 3.07. The first kappa shape index (κ1) is 23.0. The number of aryl methyl sites for hydroxylation is 2. The molecule has 0 bridgehead atoms. The first-order valence-electron chi connectivity index (χ1n) is 10.2. The van der Waals surface area contributed by atoms with Gasteiger partial charge >= 0.3 is 0 Å². The van der Waals surface area contributed by atoms with Gasteiger partial charge in [0.05, 0.1) is 9.83 Å². The van der Waals surface area contributed by atoms with E-state index in [1.54, 1.807) is 43.3 Å². The molecule has 2 heterocycles. The van der Waals surface area contributed by atoms with E-state index < -0.39 is 28.5 Å². The highest BCUT2D eigenvalue weighted by molar-refractivity contribution is 8.18. The third-order valence-corrected chi connectivity index (χ3v) is 6.09. The van der Waals surface area contributed by atoms with Gasteiger partial charge in [-0.15, -0.1) is 0 Å². The van der Waals surface area contributed by atoms with Crippen LogP contribution in [0.5, 0.6) is 0 Å². The number of para-hydroxylation sites is 1. The monoisotopic (exact) mass is 477 g/mol. The molecule has 1 aliphatic heterocycles. The van der Waals surface area contributed by atoms with E-state index in [1.165, 1.54) is 12.1 Å². The average Bonchev–Trinajstić information content (AvgIpc) is 3.36. The van der Waals surface area contributed by atoms with E-state index in [4.69, 9.17) is 4.42 Å². The molecule has 0 spiro atoms. The zero-order chi connectivity index (χ0) is 24.4. The molecule has 34 heavy (non-hydrogen) atoms. The summed E-state index contributed by atoms with van der Waals surface area (Å²) >= 11 is 0.711. The first-order chi connectivity index (χ1) is 16.2. The molecule has 1 N–H and O–H groups in total. The molecule has 4 rings (SSSR count). The first-order valence-corrected chi connectivity index (χ1v) is 11.0. The van der Waals surface area contributed by atoms with E-state index in [9.17, 15) is 24.5 Å². The molecule has 3 aromatic rings. The number of nitrogens with zero attached hydrogens (tertiary/aromatic N) is 2. The van der Waals surface area contributed by atoms with Crippen LogP contribution in [-0.2, 0) is 9.59 Å². The molecule has 2 aromatic carbocycles. The van der Waals surface area contributed by atoms with Gasteiger partial charge in [-0.25, -0.2) is 0 Å². The molecular weight excluding hydrogens is 458 g/mol. The molecule has 1 aliphatic rings. The Bertz CT molecular complexity index is 1360. The summed E-state index contributed by atoms with van der Waals surface area (Å²) in [6.07, 6.45) is 1.41. The Morgan fingerprint density at radius 3 is 2.62 bits per heavy atom. The van der Waals surface area contributed by atoms with E-state index >= 15 is 0 Å². The quantitative estimate of drug-likeness (QED) is 0.296. The molecule has 0 saturated carbocycles. The number of thioether (sulfide) groups is 1. The molecule has 172 valence electrons. The maximum absolute atomic E-state index is 12.7. The van der Waals surface area contributed by atoms with Crippen LogP contribution in [0.25, 0.3) is 17.4 Å². The highest BCUT2D eigenvalue weighted by Gasteiger charge is 2.36. The van der Waals surface area contributed by atoms with Crippen molar-refractivity contribution in [2.45, 2.75) is 13.8 Å². The van der Waals surface area contributed by atoms with Crippen molar-refractivity contribution in [3.63, 3.8) is 0 Å². The molecule has 3 amide bonds. The molecule has 0 unspecified atom stereocenters. The molecule has 10 heteroatoms. The number of imide groups is 1. The minimum absolute atomic E-state index is 0.0273. The Kier molecular flexibility index (Phi) is 6.33. The van der Waals surface area contributed by atoms with Crippen molar-refractivity contribution in [1.29, 1.82) is 0 Å². The zero-order valence-corrected chi connectivity index (χ0v) is 19.0. The second-order valence-corrected chi connectivity index (χ2v) is 8.58. The van der Waals surface area contributed by atoms with Crippen molar-refractivity contribution in [2.24, 2.45) is 0 Å². The van der Waals surface area contributed by atoms with Gasteiger partial charge in [-0.2, -0.15) is 0 Å². The van der Waals surface area contributed by atoms with Crippen LogP contribution in [0.4, 0.5) is 16.2 Å². The van der Waals surface area contributed by atoms with Crippen molar-refractivity contribution >= 4 is 46.3 Å². The number of furan rings is 1. The lowest BCUT2D eigenvalue weighted by Crippen LogP contribution is -2.36. The molecule has 0 aliphatic carbocycles. The Labute approximate surface area is 198 Å². The Balaban J connectivity index is 1.48. The van der Waals surface area contributed by atoms with Crippen LogP contribution < -0.4 is 5.32 Å². The van der Waals surface area contributed by atoms with E-state index in [0.29, 0.717) is 40.1 Å². The number of carbonyl (C=O) groups is 3. The summed E-state index contributed by atoms with van der Waals surface area (Å²) < 4.78 is 5.72. The number of benzene rings is 2. The van der Waals surface area contributed by atoms with Crippen LogP contribution in [-0.4, -0.2) is 33.4 Å². The average molecular weight is 477 g/mol. The van der Waals surface area contributed by atoms with Gasteiger partial charge in [-0.05, 0) is 49.4 Å². The van der Waals surface area contributed by atoms with Crippen molar-refractivity contribution in [3.05, 3.63) is 86.5 Å². The van der Waals surface area contributed by atoms with Gasteiger partial charge in [0.25, 0.3) is 16.8 Å². The maximum atomic E-state index is 12.7. The van der Waals surface area contributed by atoms with Crippen LogP contribution in [0.3, 0.4) is 0 Å². The summed E-state index contributed by atoms with van der Waals surface area (Å²) in [4.78, 5) is 49.2. The minimum Gasteiger partial charge on any atom is -0.457 e.